The highest BCUT2D eigenvalue weighted by atomic mass is 16.5. The molecule has 0 saturated carbocycles. The van der Waals surface area contributed by atoms with Crippen LogP contribution in [0.5, 0.6) is 0 Å². The molecule has 1 saturated heterocycles. The Morgan fingerprint density at radius 2 is 2.11 bits per heavy atom. The molecule has 0 bridgehead atoms. The van der Waals surface area contributed by atoms with Gasteiger partial charge in [0.2, 0.25) is 0 Å². The SMILES string of the molecule is Cn1ccc(=O)n(CCNC2CCOCC2)c1=O. The topological polar surface area (TPSA) is 65.3 Å². The predicted octanol–water partition coefficient (Wildman–Crippen LogP) is -0.684. The van der Waals surface area contributed by atoms with Crippen LogP contribution in [0.2, 0.25) is 0 Å². The van der Waals surface area contributed by atoms with Crippen LogP contribution in [0.25, 0.3) is 0 Å². The maximum atomic E-state index is 11.7. The van der Waals surface area contributed by atoms with E-state index in [1.54, 1.807) is 7.05 Å². The largest absolute Gasteiger partial charge is 0.381 e. The van der Waals surface area contributed by atoms with Gasteiger partial charge in [0.15, 0.2) is 0 Å². The fourth-order valence-corrected chi connectivity index (χ4v) is 2.10. The first-order valence-electron chi connectivity index (χ1n) is 6.26. The van der Waals surface area contributed by atoms with Gasteiger partial charge in [0, 0.05) is 51.7 Å². The molecule has 1 aliphatic rings. The van der Waals surface area contributed by atoms with Crippen molar-refractivity contribution in [2.75, 3.05) is 19.8 Å². The third-order valence-corrected chi connectivity index (χ3v) is 3.23. The van der Waals surface area contributed by atoms with Gasteiger partial charge in [0.05, 0.1) is 0 Å². The molecule has 1 aromatic heterocycles. The van der Waals surface area contributed by atoms with Crippen molar-refractivity contribution in [3.8, 4) is 0 Å². The lowest BCUT2D eigenvalue weighted by molar-refractivity contribution is 0.0778. The van der Waals surface area contributed by atoms with E-state index in [9.17, 15) is 9.59 Å². The minimum Gasteiger partial charge on any atom is -0.381 e. The molecule has 0 atom stereocenters. The molecule has 0 radical (unpaired) electrons. The lowest BCUT2D eigenvalue weighted by Gasteiger charge is -2.23. The van der Waals surface area contributed by atoms with Crippen molar-refractivity contribution < 1.29 is 4.74 Å². The summed E-state index contributed by atoms with van der Waals surface area (Å²) in [4.78, 5) is 23.3. The van der Waals surface area contributed by atoms with E-state index in [4.69, 9.17) is 4.74 Å². The standard InChI is InChI=1S/C12H19N3O3/c1-14-6-2-11(16)15(12(14)17)7-5-13-10-3-8-18-9-4-10/h2,6,10,13H,3-5,7-9H2,1H3. The minimum atomic E-state index is -0.267. The molecule has 100 valence electrons. The fraction of sp³-hybridized carbons (Fsp3) is 0.667. The minimum absolute atomic E-state index is 0.244. The third kappa shape index (κ3) is 3.08. The summed E-state index contributed by atoms with van der Waals surface area (Å²) < 4.78 is 7.94. The summed E-state index contributed by atoms with van der Waals surface area (Å²) in [5, 5.41) is 3.36. The number of hydrogen-bond donors (Lipinski definition) is 1. The van der Waals surface area contributed by atoms with Gasteiger partial charge in [-0.25, -0.2) is 4.79 Å². The number of rotatable bonds is 4. The second kappa shape index (κ2) is 5.97. The normalized spacial score (nSPS) is 16.9. The quantitative estimate of drug-likeness (QED) is 0.772. The number of ether oxygens (including phenoxy) is 1. The van der Waals surface area contributed by atoms with Crippen LogP contribution in [0.3, 0.4) is 0 Å². The van der Waals surface area contributed by atoms with Crippen LogP contribution in [-0.4, -0.2) is 34.9 Å². The van der Waals surface area contributed by atoms with Crippen molar-refractivity contribution in [3.05, 3.63) is 33.1 Å². The van der Waals surface area contributed by atoms with Gasteiger partial charge < -0.3 is 14.6 Å². The molecular weight excluding hydrogens is 234 g/mol. The van der Waals surface area contributed by atoms with E-state index in [1.807, 2.05) is 0 Å². The van der Waals surface area contributed by atoms with Gasteiger partial charge in [-0.15, -0.1) is 0 Å². The number of nitrogens with zero attached hydrogens (tertiary/aromatic N) is 2. The maximum absolute atomic E-state index is 11.7. The number of nitrogens with one attached hydrogen (secondary N) is 1. The Balaban J connectivity index is 1.92. The Hall–Kier alpha value is -1.40. The molecule has 1 fully saturated rings. The van der Waals surface area contributed by atoms with Gasteiger partial charge in [0.1, 0.15) is 0 Å². The van der Waals surface area contributed by atoms with E-state index in [2.05, 4.69) is 5.32 Å². The molecule has 0 aliphatic carbocycles. The number of hydrogen-bond acceptors (Lipinski definition) is 4. The molecular formula is C12H19N3O3. The first-order chi connectivity index (χ1) is 8.68. The Morgan fingerprint density at radius 1 is 1.39 bits per heavy atom. The Labute approximate surface area is 105 Å². The zero-order valence-corrected chi connectivity index (χ0v) is 10.6. The lowest BCUT2D eigenvalue weighted by atomic mass is 10.1. The zero-order valence-electron chi connectivity index (χ0n) is 10.6. The first-order valence-corrected chi connectivity index (χ1v) is 6.26. The smallest absolute Gasteiger partial charge is 0.330 e. The highest BCUT2D eigenvalue weighted by Gasteiger charge is 2.12. The van der Waals surface area contributed by atoms with Crippen molar-refractivity contribution in [3.63, 3.8) is 0 Å². The van der Waals surface area contributed by atoms with Gasteiger partial charge in [-0.05, 0) is 12.8 Å². The van der Waals surface area contributed by atoms with Crippen molar-refractivity contribution in [2.24, 2.45) is 7.05 Å². The number of aromatic nitrogens is 2. The van der Waals surface area contributed by atoms with Gasteiger partial charge in [0.25, 0.3) is 5.56 Å². The molecule has 2 rings (SSSR count). The summed E-state index contributed by atoms with van der Waals surface area (Å²) in [6.45, 7) is 2.60. The fourth-order valence-electron chi connectivity index (χ4n) is 2.10. The van der Waals surface area contributed by atoms with Crippen LogP contribution in [0.15, 0.2) is 21.9 Å². The van der Waals surface area contributed by atoms with Gasteiger partial charge in [-0.2, -0.15) is 0 Å². The number of aryl methyl sites for hydroxylation is 1. The van der Waals surface area contributed by atoms with Gasteiger partial charge in [-0.3, -0.25) is 9.36 Å². The highest BCUT2D eigenvalue weighted by molar-refractivity contribution is 4.85. The van der Waals surface area contributed by atoms with E-state index in [0.717, 1.165) is 26.1 Å². The van der Waals surface area contributed by atoms with E-state index in [0.29, 0.717) is 19.1 Å². The van der Waals surface area contributed by atoms with Crippen molar-refractivity contribution >= 4 is 0 Å². The van der Waals surface area contributed by atoms with Crippen molar-refractivity contribution in [1.29, 1.82) is 0 Å². The molecule has 1 aromatic rings. The van der Waals surface area contributed by atoms with E-state index in [-0.39, 0.29) is 11.2 Å². The summed E-state index contributed by atoms with van der Waals surface area (Å²) in [6.07, 6.45) is 3.47. The molecule has 0 unspecified atom stereocenters. The zero-order chi connectivity index (χ0) is 13.0. The summed E-state index contributed by atoms with van der Waals surface area (Å²) in [5.41, 5.74) is -0.511. The van der Waals surface area contributed by atoms with Crippen LogP contribution >= 0.6 is 0 Å². The summed E-state index contributed by atoms with van der Waals surface area (Å²) in [5.74, 6) is 0. The molecule has 18 heavy (non-hydrogen) atoms. The van der Waals surface area contributed by atoms with Crippen molar-refractivity contribution in [1.82, 2.24) is 14.5 Å². The molecule has 1 aliphatic heterocycles. The molecule has 0 spiro atoms. The molecule has 6 nitrogen and oxygen atoms in total. The van der Waals surface area contributed by atoms with Crippen LogP contribution in [0, 0.1) is 0 Å². The lowest BCUT2D eigenvalue weighted by Crippen LogP contribution is -2.42. The van der Waals surface area contributed by atoms with E-state index < -0.39 is 0 Å². The van der Waals surface area contributed by atoms with E-state index in [1.165, 1.54) is 21.4 Å². The molecule has 1 N–H and O–H groups in total. The van der Waals surface area contributed by atoms with Crippen LogP contribution < -0.4 is 16.6 Å². The van der Waals surface area contributed by atoms with Crippen LogP contribution in [0.4, 0.5) is 0 Å². The second-order valence-corrected chi connectivity index (χ2v) is 4.54. The molecule has 0 amide bonds. The Bertz CT molecular complexity index is 500. The monoisotopic (exact) mass is 253 g/mol. The van der Waals surface area contributed by atoms with E-state index >= 15 is 0 Å². The molecule has 6 heteroatoms. The van der Waals surface area contributed by atoms with Crippen LogP contribution in [0.1, 0.15) is 12.8 Å². The summed E-state index contributed by atoms with van der Waals surface area (Å²) >= 11 is 0. The van der Waals surface area contributed by atoms with Crippen LogP contribution in [-0.2, 0) is 18.3 Å². The molecule has 0 aromatic carbocycles. The first kappa shape index (κ1) is 13.0. The third-order valence-electron chi connectivity index (χ3n) is 3.23. The summed E-state index contributed by atoms with van der Waals surface area (Å²) in [6, 6.07) is 1.84. The molecule has 2 heterocycles. The van der Waals surface area contributed by atoms with Crippen molar-refractivity contribution in [2.45, 2.75) is 25.4 Å². The van der Waals surface area contributed by atoms with Gasteiger partial charge >= 0.3 is 5.69 Å². The summed E-state index contributed by atoms with van der Waals surface area (Å²) in [7, 11) is 1.64. The average molecular weight is 253 g/mol. The Morgan fingerprint density at radius 3 is 2.83 bits per heavy atom. The maximum Gasteiger partial charge on any atom is 0.330 e. The second-order valence-electron chi connectivity index (χ2n) is 4.54. The van der Waals surface area contributed by atoms with Gasteiger partial charge in [-0.1, -0.05) is 0 Å². The Kier molecular flexibility index (Phi) is 4.33. The average Bonchev–Trinajstić information content (AvgIpc) is 2.39. The predicted molar refractivity (Wildman–Crippen MR) is 67.8 cm³/mol. The highest BCUT2D eigenvalue weighted by Crippen LogP contribution is 2.05.